The van der Waals surface area contributed by atoms with Gasteiger partial charge >= 0.3 is 0 Å². The van der Waals surface area contributed by atoms with Crippen LogP contribution in [0.3, 0.4) is 0 Å². The lowest BCUT2D eigenvalue weighted by Gasteiger charge is -2.17. The SMILES string of the molecule is CCC(C)/C(=C\C(COC)NC)C(=O)Nc1cc(C2CCC(O)C2)[nH]n1. The van der Waals surface area contributed by atoms with E-state index in [0.29, 0.717) is 12.4 Å². The van der Waals surface area contributed by atoms with Crippen molar-refractivity contribution in [3.8, 4) is 0 Å². The fraction of sp³-hybridized carbons (Fsp3) is 0.684. The first-order valence-electron chi connectivity index (χ1n) is 9.41. The summed E-state index contributed by atoms with van der Waals surface area (Å²) in [4.78, 5) is 12.8. The number of amides is 1. The van der Waals surface area contributed by atoms with Crippen molar-refractivity contribution < 1.29 is 14.6 Å². The quantitative estimate of drug-likeness (QED) is 0.503. The van der Waals surface area contributed by atoms with E-state index >= 15 is 0 Å². The molecule has 7 nitrogen and oxygen atoms in total. The van der Waals surface area contributed by atoms with Gasteiger partial charge in [-0.2, -0.15) is 5.10 Å². The number of aromatic amines is 1. The molecule has 7 heteroatoms. The second kappa shape index (κ2) is 9.85. The number of methoxy groups -OCH3 is 1. The first-order valence-corrected chi connectivity index (χ1v) is 9.41. The van der Waals surface area contributed by atoms with Gasteiger partial charge in [0, 0.05) is 36.4 Å². The average Bonchev–Trinajstić information content (AvgIpc) is 3.26. The molecule has 0 aromatic carbocycles. The highest BCUT2D eigenvalue weighted by Gasteiger charge is 2.26. The number of nitrogens with zero attached hydrogens (tertiary/aromatic N) is 1. The minimum absolute atomic E-state index is 0.0236. The number of likely N-dealkylation sites (N-methyl/N-ethyl adjacent to an activating group) is 1. The van der Waals surface area contributed by atoms with Crippen LogP contribution in [0.15, 0.2) is 17.7 Å². The fourth-order valence-electron chi connectivity index (χ4n) is 3.33. The maximum Gasteiger partial charge on any atom is 0.252 e. The molecule has 0 aliphatic heterocycles. The summed E-state index contributed by atoms with van der Waals surface area (Å²) < 4.78 is 5.20. The number of anilines is 1. The molecule has 1 aromatic rings. The van der Waals surface area contributed by atoms with E-state index < -0.39 is 0 Å². The van der Waals surface area contributed by atoms with Gasteiger partial charge in [-0.1, -0.05) is 19.9 Å². The molecule has 0 radical (unpaired) electrons. The van der Waals surface area contributed by atoms with Gasteiger partial charge in [0.1, 0.15) is 0 Å². The Morgan fingerprint density at radius 1 is 1.54 bits per heavy atom. The molecule has 0 saturated heterocycles. The summed E-state index contributed by atoms with van der Waals surface area (Å²) in [5.74, 6) is 0.794. The summed E-state index contributed by atoms with van der Waals surface area (Å²) in [5.41, 5.74) is 1.70. The van der Waals surface area contributed by atoms with Crippen LogP contribution >= 0.6 is 0 Å². The maximum absolute atomic E-state index is 12.8. The number of rotatable bonds is 9. The molecule has 4 unspecified atom stereocenters. The predicted octanol–water partition coefficient (Wildman–Crippen LogP) is 2.18. The minimum atomic E-state index is -0.236. The molecule has 1 aliphatic carbocycles. The van der Waals surface area contributed by atoms with Crippen molar-refractivity contribution in [2.24, 2.45) is 5.92 Å². The number of nitrogens with one attached hydrogen (secondary N) is 3. The van der Waals surface area contributed by atoms with Crippen molar-refractivity contribution in [1.29, 1.82) is 0 Å². The Morgan fingerprint density at radius 2 is 2.31 bits per heavy atom. The lowest BCUT2D eigenvalue weighted by molar-refractivity contribution is -0.113. The summed E-state index contributed by atoms with van der Waals surface area (Å²) in [7, 11) is 3.49. The fourth-order valence-corrected chi connectivity index (χ4v) is 3.33. The zero-order valence-electron chi connectivity index (χ0n) is 16.2. The van der Waals surface area contributed by atoms with Crippen LogP contribution in [0.5, 0.6) is 0 Å². The topological polar surface area (TPSA) is 99.3 Å². The molecule has 1 aromatic heterocycles. The molecular formula is C19H32N4O3. The first-order chi connectivity index (χ1) is 12.5. The molecule has 1 heterocycles. The largest absolute Gasteiger partial charge is 0.393 e. The Bertz CT molecular complexity index is 614. The zero-order valence-corrected chi connectivity index (χ0v) is 16.2. The van der Waals surface area contributed by atoms with Gasteiger partial charge in [-0.25, -0.2) is 0 Å². The van der Waals surface area contributed by atoms with E-state index in [4.69, 9.17) is 4.74 Å². The van der Waals surface area contributed by atoms with Gasteiger partial charge in [-0.15, -0.1) is 0 Å². The van der Waals surface area contributed by atoms with Crippen molar-refractivity contribution in [2.75, 3.05) is 26.1 Å². The summed E-state index contributed by atoms with van der Waals surface area (Å²) >= 11 is 0. The van der Waals surface area contributed by atoms with E-state index in [-0.39, 0.29) is 29.9 Å². The second-order valence-corrected chi connectivity index (χ2v) is 7.11. The number of hydrogen-bond donors (Lipinski definition) is 4. The van der Waals surface area contributed by atoms with Crippen molar-refractivity contribution in [1.82, 2.24) is 15.5 Å². The maximum atomic E-state index is 12.8. The normalized spacial score (nSPS) is 23.0. The Kier molecular flexibility index (Phi) is 7.81. The van der Waals surface area contributed by atoms with Crippen LogP contribution < -0.4 is 10.6 Å². The number of ether oxygens (including phenoxy) is 1. The predicted molar refractivity (Wildman–Crippen MR) is 102 cm³/mol. The van der Waals surface area contributed by atoms with Crippen LogP contribution in [-0.4, -0.2) is 54.1 Å². The highest BCUT2D eigenvalue weighted by atomic mass is 16.5. The van der Waals surface area contributed by atoms with Gasteiger partial charge in [0.25, 0.3) is 5.91 Å². The Morgan fingerprint density at radius 3 is 2.88 bits per heavy atom. The third-order valence-corrected chi connectivity index (χ3v) is 5.19. The Hall–Kier alpha value is -1.70. The van der Waals surface area contributed by atoms with Crippen molar-refractivity contribution in [2.45, 2.75) is 57.6 Å². The van der Waals surface area contributed by atoms with Gasteiger partial charge in [0.05, 0.1) is 12.7 Å². The summed E-state index contributed by atoms with van der Waals surface area (Å²) in [6.45, 7) is 4.61. The summed E-state index contributed by atoms with van der Waals surface area (Å²) in [6, 6.07) is 1.85. The molecule has 4 atom stereocenters. The van der Waals surface area contributed by atoms with Crippen LogP contribution in [0.2, 0.25) is 0 Å². The van der Waals surface area contributed by atoms with Gasteiger partial charge in [0.15, 0.2) is 5.82 Å². The molecule has 1 saturated carbocycles. The van der Waals surface area contributed by atoms with E-state index in [1.165, 1.54) is 0 Å². The first kappa shape index (κ1) is 20.6. The number of aliphatic hydroxyl groups excluding tert-OH is 1. The Balaban J connectivity index is 2.09. The highest BCUT2D eigenvalue weighted by Crippen LogP contribution is 2.34. The highest BCUT2D eigenvalue weighted by molar-refractivity contribution is 6.03. The molecule has 0 bridgehead atoms. The number of hydrogen-bond acceptors (Lipinski definition) is 5. The molecule has 0 spiro atoms. The van der Waals surface area contributed by atoms with E-state index in [9.17, 15) is 9.90 Å². The Labute approximate surface area is 155 Å². The number of carbonyl (C=O) groups excluding carboxylic acids is 1. The van der Waals surface area contributed by atoms with Crippen LogP contribution in [0.4, 0.5) is 5.82 Å². The summed E-state index contributed by atoms with van der Waals surface area (Å²) in [6.07, 6.45) is 5.07. The summed E-state index contributed by atoms with van der Waals surface area (Å²) in [5, 5.41) is 23.0. The van der Waals surface area contributed by atoms with Crippen LogP contribution in [0.1, 0.15) is 51.1 Å². The van der Waals surface area contributed by atoms with Crippen LogP contribution in [0, 0.1) is 5.92 Å². The number of carbonyl (C=O) groups is 1. The van der Waals surface area contributed by atoms with E-state index in [2.05, 4.69) is 27.8 Å². The van der Waals surface area contributed by atoms with E-state index in [1.54, 1.807) is 7.11 Å². The van der Waals surface area contributed by atoms with Crippen molar-refractivity contribution in [3.05, 3.63) is 23.4 Å². The van der Waals surface area contributed by atoms with Crippen molar-refractivity contribution >= 4 is 11.7 Å². The lowest BCUT2D eigenvalue weighted by Crippen LogP contribution is -2.30. The van der Waals surface area contributed by atoms with Gasteiger partial charge in [0.2, 0.25) is 0 Å². The third-order valence-electron chi connectivity index (χ3n) is 5.19. The van der Waals surface area contributed by atoms with E-state index in [1.807, 2.05) is 26.1 Å². The van der Waals surface area contributed by atoms with Gasteiger partial charge in [-0.05, 0) is 38.6 Å². The number of aliphatic hydroxyl groups is 1. The average molecular weight is 364 g/mol. The molecule has 1 fully saturated rings. The molecule has 26 heavy (non-hydrogen) atoms. The molecular weight excluding hydrogens is 332 g/mol. The van der Waals surface area contributed by atoms with Crippen LogP contribution in [-0.2, 0) is 9.53 Å². The molecule has 146 valence electrons. The zero-order chi connectivity index (χ0) is 19.1. The third kappa shape index (κ3) is 5.40. The lowest BCUT2D eigenvalue weighted by atomic mass is 9.95. The molecule has 1 aliphatic rings. The number of H-pyrrole nitrogens is 1. The van der Waals surface area contributed by atoms with E-state index in [0.717, 1.165) is 37.0 Å². The van der Waals surface area contributed by atoms with Gasteiger partial charge in [-0.3, -0.25) is 9.89 Å². The molecule has 4 N–H and O–H groups in total. The minimum Gasteiger partial charge on any atom is -0.393 e. The smallest absolute Gasteiger partial charge is 0.252 e. The standard InChI is InChI=1S/C19H32N4O3/c1-5-12(2)16(9-14(20-3)11-26-4)19(25)21-18-10-17(22-23-18)13-6-7-15(24)8-13/h9-10,12-15,20,24H,5-8,11H2,1-4H3,(H2,21,22,23,25)/b16-9+. The van der Waals surface area contributed by atoms with Crippen molar-refractivity contribution in [3.63, 3.8) is 0 Å². The second-order valence-electron chi connectivity index (χ2n) is 7.11. The number of aromatic nitrogens is 2. The van der Waals surface area contributed by atoms with Gasteiger partial charge < -0.3 is 20.5 Å². The van der Waals surface area contributed by atoms with Crippen LogP contribution in [0.25, 0.3) is 0 Å². The molecule has 2 rings (SSSR count). The molecule has 1 amide bonds. The monoisotopic (exact) mass is 364 g/mol.